The summed E-state index contributed by atoms with van der Waals surface area (Å²) in [6, 6.07) is -0.856. The topological polar surface area (TPSA) is 61.4 Å². The Morgan fingerprint density at radius 3 is 2.56 bits per heavy atom. The van der Waals surface area contributed by atoms with Crippen LogP contribution in [0.2, 0.25) is 0 Å². The summed E-state index contributed by atoms with van der Waals surface area (Å²) in [7, 11) is 0. The Kier molecular flexibility index (Phi) is 5.85. The number of amides is 1. The summed E-state index contributed by atoms with van der Waals surface area (Å²) >= 11 is 0. The summed E-state index contributed by atoms with van der Waals surface area (Å²) in [5.74, 6) is 1.63. The molecule has 0 aromatic carbocycles. The molecule has 0 aliphatic rings. The molecule has 7 heteroatoms. The fourth-order valence-electron chi connectivity index (χ4n) is 0.788. The van der Waals surface area contributed by atoms with E-state index >= 15 is 0 Å². The Morgan fingerprint density at radius 1 is 1.56 bits per heavy atom. The summed E-state index contributed by atoms with van der Waals surface area (Å²) in [6.45, 7) is 0.635. The number of hydrogen-bond donors (Lipinski definition) is 3. The highest BCUT2D eigenvalue weighted by molar-refractivity contribution is 5.81. The fourth-order valence-corrected chi connectivity index (χ4v) is 0.788. The summed E-state index contributed by atoms with van der Waals surface area (Å²) in [6.07, 6.45) is -2.30. The van der Waals surface area contributed by atoms with Crippen LogP contribution in [0.1, 0.15) is 6.92 Å². The molecule has 16 heavy (non-hydrogen) atoms. The van der Waals surface area contributed by atoms with E-state index in [1.807, 2.05) is 0 Å². The molecule has 0 rings (SSSR count). The standard InChI is InChI=1S/C9H13F3N2O2/c1-3-4-13-8(16)6(2)14-5-7(15)9(10,11)12/h1,6-7,14-15H,4-5H2,2H3,(H,13,16). The van der Waals surface area contributed by atoms with Crippen LogP contribution in [0.4, 0.5) is 13.2 Å². The first-order chi connectivity index (χ1) is 7.29. The van der Waals surface area contributed by atoms with Crippen LogP contribution in [-0.2, 0) is 4.79 Å². The predicted octanol–water partition coefficient (Wildman–Crippen LogP) is -0.363. The van der Waals surface area contributed by atoms with E-state index in [0.717, 1.165) is 0 Å². The lowest BCUT2D eigenvalue weighted by atomic mass is 10.2. The number of carbonyl (C=O) groups is 1. The zero-order valence-corrected chi connectivity index (χ0v) is 8.64. The Labute approximate surface area is 91.2 Å². The first-order valence-corrected chi connectivity index (χ1v) is 4.48. The highest BCUT2D eigenvalue weighted by Gasteiger charge is 2.38. The SMILES string of the molecule is C#CCNC(=O)C(C)NCC(O)C(F)(F)F. The molecule has 0 aliphatic heterocycles. The van der Waals surface area contributed by atoms with Crippen LogP contribution in [-0.4, -0.2) is 42.4 Å². The molecule has 0 aliphatic carbocycles. The minimum Gasteiger partial charge on any atom is -0.382 e. The van der Waals surface area contributed by atoms with Gasteiger partial charge in [-0.1, -0.05) is 5.92 Å². The van der Waals surface area contributed by atoms with Crippen molar-refractivity contribution >= 4 is 5.91 Å². The Bertz CT molecular complexity index is 273. The molecule has 92 valence electrons. The summed E-state index contributed by atoms with van der Waals surface area (Å²) in [5, 5.41) is 13.2. The van der Waals surface area contributed by atoms with Gasteiger partial charge in [-0.3, -0.25) is 4.79 Å². The van der Waals surface area contributed by atoms with Gasteiger partial charge in [0, 0.05) is 6.54 Å². The minimum absolute atomic E-state index is 0.00662. The molecule has 2 unspecified atom stereocenters. The van der Waals surface area contributed by atoms with Crippen LogP contribution in [0.5, 0.6) is 0 Å². The smallest absolute Gasteiger partial charge is 0.382 e. The molecule has 2 atom stereocenters. The highest BCUT2D eigenvalue weighted by atomic mass is 19.4. The third-order valence-corrected chi connectivity index (χ3v) is 1.75. The average Bonchev–Trinajstić information content (AvgIpc) is 2.20. The highest BCUT2D eigenvalue weighted by Crippen LogP contribution is 2.19. The van der Waals surface area contributed by atoms with Gasteiger partial charge in [0.1, 0.15) is 0 Å². The van der Waals surface area contributed by atoms with Crippen molar-refractivity contribution in [2.45, 2.75) is 25.2 Å². The molecule has 0 heterocycles. The second kappa shape index (κ2) is 6.35. The zero-order valence-electron chi connectivity index (χ0n) is 8.64. The molecule has 0 bridgehead atoms. The van der Waals surface area contributed by atoms with Crippen LogP contribution >= 0.6 is 0 Å². The van der Waals surface area contributed by atoms with Crippen LogP contribution in [0.3, 0.4) is 0 Å². The van der Waals surface area contributed by atoms with Crippen LogP contribution < -0.4 is 10.6 Å². The second-order valence-electron chi connectivity index (χ2n) is 3.11. The molecule has 0 aromatic rings. The maximum Gasteiger partial charge on any atom is 0.415 e. The van der Waals surface area contributed by atoms with Crippen molar-refractivity contribution in [1.82, 2.24) is 10.6 Å². The maximum absolute atomic E-state index is 11.9. The van der Waals surface area contributed by atoms with E-state index in [0.29, 0.717) is 0 Å². The predicted molar refractivity (Wildman–Crippen MR) is 51.4 cm³/mol. The first kappa shape index (κ1) is 14.7. The Hall–Kier alpha value is -1.26. The van der Waals surface area contributed by atoms with Crippen molar-refractivity contribution in [3.8, 4) is 12.3 Å². The van der Waals surface area contributed by atoms with E-state index in [4.69, 9.17) is 11.5 Å². The molecular weight excluding hydrogens is 225 g/mol. The van der Waals surface area contributed by atoms with Gasteiger partial charge in [-0.05, 0) is 6.92 Å². The molecule has 0 saturated heterocycles. The number of nitrogens with one attached hydrogen (secondary N) is 2. The second-order valence-corrected chi connectivity index (χ2v) is 3.11. The lowest BCUT2D eigenvalue weighted by Gasteiger charge is -2.18. The Balaban J connectivity index is 3.94. The zero-order chi connectivity index (χ0) is 12.8. The number of terminal acetylenes is 1. The van der Waals surface area contributed by atoms with E-state index in [9.17, 15) is 18.0 Å². The lowest BCUT2D eigenvalue weighted by Crippen LogP contribution is -2.47. The van der Waals surface area contributed by atoms with Crippen molar-refractivity contribution in [3.63, 3.8) is 0 Å². The Morgan fingerprint density at radius 2 is 2.12 bits per heavy atom. The quantitative estimate of drug-likeness (QED) is 0.573. The van der Waals surface area contributed by atoms with Gasteiger partial charge >= 0.3 is 6.18 Å². The average molecular weight is 238 g/mol. The number of halogens is 3. The van der Waals surface area contributed by atoms with Gasteiger partial charge < -0.3 is 15.7 Å². The van der Waals surface area contributed by atoms with Crippen LogP contribution in [0.25, 0.3) is 0 Å². The molecule has 0 radical (unpaired) electrons. The molecule has 0 saturated carbocycles. The van der Waals surface area contributed by atoms with Crippen molar-refractivity contribution in [1.29, 1.82) is 0 Å². The molecule has 3 N–H and O–H groups in total. The normalized spacial score (nSPS) is 15.0. The van der Waals surface area contributed by atoms with Crippen molar-refractivity contribution < 1.29 is 23.1 Å². The molecule has 0 fully saturated rings. The van der Waals surface area contributed by atoms with Gasteiger partial charge in [0.05, 0.1) is 12.6 Å². The van der Waals surface area contributed by atoms with Crippen molar-refractivity contribution in [3.05, 3.63) is 0 Å². The molecule has 0 spiro atoms. The molecule has 4 nitrogen and oxygen atoms in total. The van der Waals surface area contributed by atoms with E-state index in [1.54, 1.807) is 0 Å². The summed E-state index contributed by atoms with van der Waals surface area (Å²) in [5.41, 5.74) is 0. The molecule has 0 aromatic heterocycles. The monoisotopic (exact) mass is 238 g/mol. The number of carbonyl (C=O) groups excluding carboxylic acids is 1. The fraction of sp³-hybridized carbons (Fsp3) is 0.667. The summed E-state index contributed by atoms with van der Waals surface area (Å²) < 4.78 is 35.7. The molecular formula is C9H13F3N2O2. The minimum atomic E-state index is -4.69. The number of hydrogen-bond acceptors (Lipinski definition) is 3. The lowest BCUT2D eigenvalue weighted by molar-refractivity contribution is -0.202. The number of aliphatic hydroxyl groups is 1. The number of rotatable bonds is 5. The van der Waals surface area contributed by atoms with E-state index in [1.165, 1.54) is 6.92 Å². The maximum atomic E-state index is 11.9. The third kappa shape index (κ3) is 5.58. The molecule has 1 amide bonds. The van der Waals surface area contributed by atoms with E-state index in [-0.39, 0.29) is 6.54 Å². The van der Waals surface area contributed by atoms with Gasteiger partial charge in [0.25, 0.3) is 0 Å². The first-order valence-electron chi connectivity index (χ1n) is 4.48. The van der Waals surface area contributed by atoms with Gasteiger partial charge in [-0.15, -0.1) is 6.42 Å². The van der Waals surface area contributed by atoms with Crippen molar-refractivity contribution in [2.24, 2.45) is 0 Å². The van der Waals surface area contributed by atoms with Gasteiger partial charge in [-0.25, -0.2) is 0 Å². The van der Waals surface area contributed by atoms with E-state index < -0.39 is 30.8 Å². The van der Waals surface area contributed by atoms with E-state index in [2.05, 4.69) is 16.6 Å². The summed E-state index contributed by atoms with van der Waals surface area (Å²) in [4.78, 5) is 11.1. The third-order valence-electron chi connectivity index (χ3n) is 1.75. The van der Waals surface area contributed by atoms with Crippen molar-refractivity contribution in [2.75, 3.05) is 13.1 Å². The number of aliphatic hydroxyl groups excluding tert-OH is 1. The van der Waals surface area contributed by atoms with Crippen LogP contribution in [0.15, 0.2) is 0 Å². The van der Waals surface area contributed by atoms with Gasteiger partial charge in [0.2, 0.25) is 5.91 Å². The van der Waals surface area contributed by atoms with Gasteiger partial charge in [0.15, 0.2) is 6.10 Å². The van der Waals surface area contributed by atoms with Crippen LogP contribution in [0, 0.1) is 12.3 Å². The number of alkyl halides is 3. The van der Waals surface area contributed by atoms with Gasteiger partial charge in [-0.2, -0.15) is 13.2 Å². The largest absolute Gasteiger partial charge is 0.415 e.